The van der Waals surface area contributed by atoms with E-state index in [1.807, 2.05) is 24.3 Å². The number of carbonyl (C=O) groups excluding carboxylic acids is 2. The molecule has 2 aromatic heterocycles. The summed E-state index contributed by atoms with van der Waals surface area (Å²) in [5.41, 5.74) is 2.06. The highest BCUT2D eigenvalue weighted by Gasteiger charge is 2.28. The van der Waals surface area contributed by atoms with Crippen LogP contribution in [0.5, 0.6) is 0 Å². The number of benzene rings is 2. The number of nitrogens with one attached hydrogen (secondary N) is 2. The first-order valence-corrected chi connectivity index (χ1v) is 11.3. The summed E-state index contributed by atoms with van der Waals surface area (Å²) < 4.78 is 2.63. The SMILES string of the molecule is CC(=O)Nc1ccc2nc(NC(=O)CCc3nc4ccccc4c(=O)n3C3CC3)sc2c1. The van der Waals surface area contributed by atoms with Gasteiger partial charge in [0.15, 0.2) is 5.13 Å². The number of thiazole rings is 1. The van der Waals surface area contributed by atoms with Crippen LogP contribution < -0.4 is 16.2 Å². The molecule has 5 rings (SSSR count). The van der Waals surface area contributed by atoms with E-state index in [9.17, 15) is 14.4 Å². The van der Waals surface area contributed by atoms with Gasteiger partial charge >= 0.3 is 0 Å². The summed E-state index contributed by atoms with van der Waals surface area (Å²) >= 11 is 1.35. The zero-order chi connectivity index (χ0) is 22.2. The van der Waals surface area contributed by atoms with E-state index in [2.05, 4.69) is 20.6 Å². The van der Waals surface area contributed by atoms with E-state index >= 15 is 0 Å². The standard InChI is InChI=1S/C23H21N5O3S/c1-13(29)24-14-6-9-18-19(12-14)32-23(26-18)27-21(30)11-10-20-25-17-5-3-2-4-16(17)22(31)28(20)15-7-8-15/h2-6,9,12,15H,7-8,10-11H2,1H3,(H,24,29)(H,26,27,30). The zero-order valence-corrected chi connectivity index (χ0v) is 18.2. The minimum atomic E-state index is -0.184. The molecule has 0 spiro atoms. The molecule has 0 bridgehead atoms. The monoisotopic (exact) mass is 447 g/mol. The molecule has 2 N–H and O–H groups in total. The molecule has 1 saturated carbocycles. The summed E-state index contributed by atoms with van der Waals surface area (Å²) in [7, 11) is 0. The third kappa shape index (κ3) is 4.11. The Morgan fingerprint density at radius 1 is 1.09 bits per heavy atom. The van der Waals surface area contributed by atoms with Crippen molar-refractivity contribution in [2.45, 2.75) is 38.6 Å². The van der Waals surface area contributed by atoms with Crippen LogP contribution >= 0.6 is 11.3 Å². The van der Waals surface area contributed by atoms with Gasteiger partial charge in [0.2, 0.25) is 11.8 Å². The molecule has 2 heterocycles. The maximum atomic E-state index is 12.9. The summed E-state index contributed by atoms with van der Waals surface area (Å²) in [5, 5.41) is 6.69. The van der Waals surface area contributed by atoms with Gasteiger partial charge in [-0.15, -0.1) is 0 Å². The van der Waals surface area contributed by atoms with Gasteiger partial charge in [0.05, 0.1) is 21.1 Å². The Bertz CT molecular complexity index is 1420. The predicted octanol–water partition coefficient (Wildman–Crippen LogP) is 3.87. The number of para-hydroxylation sites is 1. The molecule has 0 atom stereocenters. The molecule has 1 fully saturated rings. The van der Waals surface area contributed by atoms with Gasteiger partial charge in [0.25, 0.3) is 5.56 Å². The van der Waals surface area contributed by atoms with Crippen LogP contribution in [-0.2, 0) is 16.0 Å². The molecule has 32 heavy (non-hydrogen) atoms. The maximum absolute atomic E-state index is 12.9. The number of rotatable bonds is 6. The van der Waals surface area contributed by atoms with Crippen molar-refractivity contribution in [2.24, 2.45) is 0 Å². The number of anilines is 2. The predicted molar refractivity (Wildman–Crippen MR) is 125 cm³/mol. The lowest BCUT2D eigenvalue weighted by molar-refractivity contribution is -0.116. The highest BCUT2D eigenvalue weighted by atomic mass is 32.1. The van der Waals surface area contributed by atoms with E-state index in [1.54, 1.807) is 22.8 Å². The Morgan fingerprint density at radius 3 is 2.69 bits per heavy atom. The lowest BCUT2D eigenvalue weighted by Crippen LogP contribution is -2.25. The Morgan fingerprint density at radius 2 is 1.91 bits per heavy atom. The smallest absolute Gasteiger partial charge is 0.261 e. The van der Waals surface area contributed by atoms with Crippen LogP contribution in [0.2, 0.25) is 0 Å². The lowest BCUT2D eigenvalue weighted by atomic mass is 10.2. The number of aromatic nitrogens is 3. The second-order valence-electron chi connectivity index (χ2n) is 7.88. The van der Waals surface area contributed by atoms with Crippen molar-refractivity contribution in [3.8, 4) is 0 Å². The highest BCUT2D eigenvalue weighted by molar-refractivity contribution is 7.22. The quantitative estimate of drug-likeness (QED) is 0.467. The molecule has 0 radical (unpaired) electrons. The zero-order valence-electron chi connectivity index (χ0n) is 17.4. The van der Waals surface area contributed by atoms with Crippen molar-refractivity contribution >= 4 is 55.1 Å². The number of hydrogen-bond acceptors (Lipinski definition) is 6. The second kappa shape index (κ2) is 8.16. The lowest BCUT2D eigenvalue weighted by Gasteiger charge is -2.12. The van der Waals surface area contributed by atoms with E-state index in [4.69, 9.17) is 0 Å². The van der Waals surface area contributed by atoms with Gasteiger partial charge in [-0.05, 0) is 43.2 Å². The average Bonchev–Trinajstić information content (AvgIpc) is 3.51. The van der Waals surface area contributed by atoms with E-state index in [0.29, 0.717) is 34.0 Å². The van der Waals surface area contributed by atoms with E-state index in [1.165, 1.54) is 18.3 Å². The van der Waals surface area contributed by atoms with Crippen LogP contribution in [0, 0.1) is 0 Å². The highest BCUT2D eigenvalue weighted by Crippen LogP contribution is 2.35. The molecule has 2 aromatic carbocycles. The van der Waals surface area contributed by atoms with E-state index < -0.39 is 0 Å². The topological polar surface area (TPSA) is 106 Å². The molecule has 0 aliphatic heterocycles. The Kier molecular flexibility index (Phi) is 5.18. The van der Waals surface area contributed by atoms with Crippen LogP contribution in [0.15, 0.2) is 47.3 Å². The molecular weight excluding hydrogens is 426 g/mol. The maximum Gasteiger partial charge on any atom is 0.261 e. The third-order valence-electron chi connectivity index (χ3n) is 5.32. The van der Waals surface area contributed by atoms with Crippen LogP contribution in [0.3, 0.4) is 0 Å². The van der Waals surface area contributed by atoms with Gasteiger partial charge in [-0.3, -0.25) is 19.0 Å². The molecule has 9 heteroatoms. The summed E-state index contributed by atoms with van der Waals surface area (Å²) in [4.78, 5) is 45.9. The van der Waals surface area contributed by atoms with Gasteiger partial charge in [-0.25, -0.2) is 9.97 Å². The second-order valence-corrected chi connectivity index (χ2v) is 8.91. The van der Waals surface area contributed by atoms with Gasteiger partial charge in [-0.2, -0.15) is 0 Å². The fourth-order valence-corrected chi connectivity index (χ4v) is 4.67. The molecule has 162 valence electrons. The fourth-order valence-electron chi connectivity index (χ4n) is 3.74. The van der Waals surface area contributed by atoms with Gasteiger partial charge < -0.3 is 10.6 Å². The first kappa shape index (κ1) is 20.3. The van der Waals surface area contributed by atoms with Crippen molar-refractivity contribution in [1.82, 2.24) is 14.5 Å². The normalized spacial score (nSPS) is 13.4. The molecule has 1 aliphatic carbocycles. The summed E-state index contributed by atoms with van der Waals surface area (Å²) in [6, 6.07) is 12.9. The first-order chi connectivity index (χ1) is 15.5. The largest absolute Gasteiger partial charge is 0.326 e. The number of fused-ring (bicyclic) bond motifs is 2. The van der Waals surface area contributed by atoms with Crippen molar-refractivity contribution < 1.29 is 9.59 Å². The van der Waals surface area contributed by atoms with E-state index in [-0.39, 0.29) is 29.8 Å². The third-order valence-corrected chi connectivity index (χ3v) is 6.26. The fraction of sp³-hybridized carbons (Fsp3) is 0.261. The van der Waals surface area contributed by atoms with Crippen molar-refractivity contribution in [1.29, 1.82) is 0 Å². The summed E-state index contributed by atoms with van der Waals surface area (Å²) in [6.07, 6.45) is 2.50. The number of nitrogens with zero attached hydrogens (tertiary/aromatic N) is 3. The first-order valence-electron chi connectivity index (χ1n) is 10.5. The van der Waals surface area contributed by atoms with Crippen molar-refractivity contribution in [3.63, 3.8) is 0 Å². The van der Waals surface area contributed by atoms with Gasteiger partial charge in [0, 0.05) is 31.5 Å². The van der Waals surface area contributed by atoms with Gasteiger partial charge in [-0.1, -0.05) is 23.5 Å². The minimum Gasteiger partial charge on any atom is -0.326 e. The van der Waals surface area contributed by atoms with Crippen LogP contribution in [-0.4, -0.2) is 26.3 Å². The number of aryl methyl sites for hydroxylation is 1. The molecule has 0 unspecified atom stereocenters. The van der Waals surface area contributed by atoms with Crippen molar-refractivity contribution in [3.05, 3.63) is 58.6 Å². The molecule has 4 aromatic rings. The molecule has 0 saturated heterocycles. The number of amides is 2. The summed E-state index contributed by atoms with van der Waals surface area (Å²) in [6.45, 7) is 1.45. The molecule has 2 amide bonds. The van der Waals surface area contributed by atoms with E-state index in [0.717, 1.165) is 23.1 Å². The van der Waals surface area contributed by atoms with Gasteiger partial charge in [0.1, 0.15) is 5.82 Å². The van der Waals surface area contributed by atoms with Crippen molar-refractivity contribution in [2.75, 3.05) is 10.6 Å². The molecular formula is C23H21N5O3S. The summed E-state index contributed by atoms with van der Waals surface area (Å²) in [5.74, 6) is 0.320. The Hall–Kier alpha value is -3.59. The Balaban J connectivity index is 1.32. The molecule has 1 aliphatic rings. The minimum absolute atomic E-state index is 0.0327. The van der Waals surface area contributed by atoms with Crippen LogP contribution in [0.25, 0.3) is 21.1 Å². The Labute approximate surface area is 187 Å². The number of hydrogen-bond donors (Lipinski definition) is 2. The van der Waals surface area contributed by atoms with Crippen LogP contribution in [0.1, 0.15) is 38.1 Å². The van der Waals surface area contributed by atoms with Crippen LogP contribution in [0.4, 0.5) is 10.8 Å². The molecule has 8 nitrogen and oxygen atoms in total. The number of carbonyl (C=O) groups is 2. The average molecular weight is 448 g/mol.